The highest BCUT2D eigenvalue weighted by atomic mass is 16.5. The molecule has 0 saturated heterocycles. The lowest BCUT2D eigenvalue weighted by Crippen LogP contribution is -2.46. The lowest BCUT2D eigenvalue weighted by Gasteiger charge is -2.16. The van der Waals surface area contributed by atoms with Crippen LogP contribution in [0.15, 0.2) is 64.4 Å². The number of aromatic nitrogens is 4. The van der Waals surface area contributed by atoms with Crippen LogP contribution in [0.2, 0.25) is 0 Å². The first kappa shape index (κ1) is 22.8. The van der Waals surface area contributed by atoms with Crippen molar-refractivity contribution >= 4 is 12.2 Å². The number of hydrogen-bond donors (Lipinski definition) is 3. The third-order valence-corrected chi connectivity index (χ3v) is 5.15. The molecule has 0 saturated carbocycles. The van der Waals surface area contributed by atoms with Gasteiger partial charge in [0.15, 0.2) is 0 Å². The van der Waals surface area contributed by atoms with Crippen LogP contribution >= 0.6 is 0 Å². The van der Waals surface area contributed by atoms with Gasteiger partial charge in [-0.15, -0.1) is 0 Å². The number of imidazole rings is 1. The van der Waals surface area contributed by atoms with E-state index in [4.69, 9.17) is 9.47 Å². The quantitative estimate of drug-likeness (QED) is 0.425. The maximum atomic E-state index is 12.7. The molecule has 2 aromatic heterocycles. The highest BCUT2D eigenvalue weighted by Gasteiger charge is 2.19. The van der Waals surface area contributed by atoms with Crippen LogP contribution in [0.25, 0.3) is 12.2 Å². The van der Waals surface area contributed by atoms with E-state index < -0.39 is 11.1 Å². The molecule has 0 aliphatic carbocycles. The van der Waals surface area contributed by atoms with Crippen molar-refractivity contribution in [2.75, 3.05) is 7.11 Å². The van der Waals surface area contributed by atoms with Crippen molar-refractivity contribution in [3.63, 3.8) is 0 Å². The minimum absolute atomic E-state index is 0.135. The van der Waals surface area contributed by atoms with Gasteiger partial charge in [-0.05, 0) is 54.1 Å². The lowest BCUT2D eigenvalue weighted by atomic mass is 9.90. The van der Waals surface area contributed by atoms with E-state index in [-0.39, 0.29) is 16.1 Å². The Kier molecular flexibility index (Phi) is 6.23. The smallest absolute Gasteiger partial charge is 0.272 e. The lowest BCUT2D eigenvalue weighted by molar-refractivity contribution is 0.413. The minimum Gasteiger partial charge on any atom is -0.497 e. The monoisotopic (exact) mass is 458 g/mol. The molecule has 4 aromatic rings. The molecular formula is C26H26N4O4. The molecule has 0 atom stereocenters. The Morgan fingerprint density at radius 3 is 2.15 bits per heavy atom. The molecule has 0 fully saturated rings. The number of nitrogens with one attached hydrogen (secondary N) is 3. The summed E-state index contributed by atoms with van der Waals surface area (Å²) in [6.07, 6.45) is 4.74. The summed E-state index contributed by atoms with van der Waals surface area (Å²) in [5.41, 5.74) is 1.15. The number of nitrogens with zero attached hydrogens (tertiary/aromatic N) is 1. The van der Waals surface area contributed by atoms with Gasteiger partial charge in [0.25, 0.3) is 11.1 Å². The van der Waals surface area contributed by atoms with E-state index in [1.807, 2.05) is 51.1 Å². The van der Waals surface area contributed by atoms with Gasteiger partial charge in [-0.2, -0.15) is 0 Å². The fraction of sp³-hybridized carbons (Fsp3) is 0.192. The van der Waals surface area contributed by atoms with Gasteiger partial charge in [0.1, 0.15) is 27.9 Å². The van der Waals surface area contributed by atoms with Crippen LogP contribution in [-0.2, 0) is 5.41 Å². The molecule has 8 nitrogen and oxygen atoms in total. The summed E-state index contributed by atoms with van der Waals surface area (Å²) in [5, 5.41) is 0.276. The van der Waals surface area contributed by atoms with E-state index in [1.165, 1.54) is 0 Å². The molecular weight excluding hydrogens is 432 g/mol. The van der Waals surface area contributed by atoms with Crippen LogP contribution in [0.4, 0.5) is 0 Å². The van der Waals surface area contributed by atoms with Crippen molar-refractivity contribution in [2.24, 2.45) is 0 Å². The van der Waals surface area contributed by atoms with E-state index in [2.05, 4.69) is 19.9 Å². The van der Waals surface area contributed by atoms with Gasteiger partial charge in [-0.1, -0.05) is 32.9 Å². The zero-order chi connectivity index (χ0) is 24.3. The molecule has 2 aromatic carbocycles. The minimum atomic E-state index is -0.417. The highest BCUT2D eigenvalue weighted by Crippen LogP contribution is 2.25. The second kappa shape index (κ2) is 9.27. The van der Waals surface area contributed by atoms with E-state index in [9.17, 15) is 9.59 Å². The molecule has 8 heteroatoms. The molecule has 4 rings (SSSR count). The SMILES string of the molecule is COc1ccc(Oc2cccc(/C=c3\[nH]c(=O)/c(=C/c4nc[nH]c4C(C)(C)C)[nH]c3=O)c2)cc1. The topological polar surface area (TPSA) is 113 Å². The zero-order valence-electron chi connectivity index (χ0n) is 19.4. The number of H-pyrrole nitrogens is 3. The van der Waals surface area contributed by atoms with E-state index in [0.29, 0.717) is 22.8 Å². The first-order chi connectivity index (χ1) is 16.2. The molecule has 0 unspecified atom stereocenters. The first-order valence-electron chi connectivity index (χ1n) is 10.7. The molecule has 3 N–H and O–H groups in total. The summed E-state index contributed by atoms with van der Waals surface area (Å²) in [4.78, 5) is 38.1. The van der Waals surface area contributed by atoms with Crippen molar-refractivity contribution < 1.29 is 9.47 Å². The predicted molar refractivity (Wildman–Crippen MR) is 131 cm³/mol. The number of methoxy groups -OCH3 is 1. The number of benzene rings is 2. The maximum absolute atomic E-state index is 12.7. The summed E-state index contributed by atoms with van der Waals surface area (Å²) >= 11 is 0. The van der Waals surface area contributed by atoms with E-state index in [0.717, 1.165) is 11.4 Å². The second-order valence-electron chi connectivity index (χ2n) is 8.79. The van der Waals surface area contributed by atoms with Crippen LogP contribution in [0, 0.1) is 0 Å². The average Bonchev–Trinajstić information content (AvgIpc) is 3.27. The van der Waals surface area contributed by atoms with Gasteiger partial charge in [0, 0.05) is 11.1 Å². The van der Waals surface area contributed by atoms with Gasteiger partial charge < -0.3 is 24.4 Å². The van der Waals surface area contributed by atoms with Crippen LogP contribution in [-0.4, -0.2) is 27.0 Å². The highest BCUT2D eigenvalue weighted by molar-refractivity contribution is 5.52. The van der Waals surface area contributed by atoms with Crippen LogP contribution < -0.4 is 31.3 Å². The number of ether oxygens (including phenoxy) is 2. The summed E-state index contributed by atoms with van der Waals surface area (Å²) in [7, 11) is 1.60. The molecule has 0 radical (unpaired) electrons. The van der Waals surface area contributed by atoms with Gasteiger partial charge in [-0.25, -0.2) is 4.98 Å². The Morgan fingerprint density at radius 2 is 1.50 bits per heavy atom. The molecule has 0 amide bonds. The van der Waals surface area contributed by atoms with E-state index >= 15 is 0 Å². The summed E-state index contributed by atoms with van der Waals surface area (Å²) in [6, 6.07) is 14.4. The largest absolute Gasteiger partial charge is 0.497 e. The van der Waals surface area contributed by atoms with E-state index in [1.54, 1.807) is 43.8 Å². The predicted octanol–water partition coefficient (Wildman–Crippen LogP) is 2.54. The van der Waals surface area contributed by atoms with Crippen LogP contribution in [0.1, 0.15) is 37.7 Å². The normalized spacial score (nSPS) is 12.7. The number of aromatic amines is 3. The molecule has 2 heterocycles. The van der Waals surface area contributed by atoms with Crippen molar-refractivity contribution in [3.05, 3.63) is 103 Å². The fourth-order valence-corrected chi connectivity index (χ4v) is 3.46. The van der Waals surface area contributed by atoms with Crippen LogP contribution in [0.5, 0.6) is 17.2 Å². The van der Waals surface area contributed by atoms with Crippen molar-refractivity contribution in [1.29, 1.82) is 0 Å². The van der Waals surface area contributed by atoms with Crippen molar-refractivity contribution in [1.82, 2.24) is 19.9 Å². The Hall–Kier alpha value is -4.33. The average molecular weight is 459 g/mol. The summed E-state index contributed by atoms with van der Waals surface area (Å²) in [6.45, 7) is 6.11. The molecule has 0 aliphatic rings. The fourth-order valence-electron chi connectivity index (χ4n) is 3.46. The summed E-state index contributed by atoms with van der Waals surface area (Å²) < 4.78 is 11.0. The van der Waals surface area contributed by atoms with Gasteiger partial charge in [0.2, 0.25) is 0 Å². The third-order valence-electron chi connectivity index (χ3n) is 5.15. The maximum Gasteiger partial charge on any atom is 0.272 e. The van der Waals surface area contributed by atoms with Crippen molar-refractivity contribution in [3.8, 4) is 17.2 Å². The van der Waals surface area contributed by atoms with Gasteiger partial charge >= 0.3 is 0 Å². The Labute approximate surface area is 195 Å². The molecule has 0 bridgehead atoms. The Balaban J connectivity index is 1.66. The molecule has 34 heavy (non-hydrogen) atoms. The second-order valence-corrected chi connectivity index (χ2v) is 8.79. The first-order valence-corrected chi connectivity index (χ1v) is 10.7. The standard InChI is InChI=1S/C26H26N4O4/c1-26(2,3)23-20(27-15-28-23)14-22-25(32)29-21(24(31)30-22)13-16-6-5-7-19(12-16)34-18-10-8-17(33-4)9-11-18/h5-15H,1-4H3,(H,27,28)(H,29,32)(H,30,31)/b21-13-,22-14-. The van der Waals surface area contributed by atoms with Gasteiger partial charge in [0.05, 0.1) is 19.1 Å². The Bertz CT molecular complexity index is 1540. The van der Waals surface area contributed by atoms with Crippen LogP contribution in [0.3, 0.4) is 0 Å². The zero-order valence-corrected chi connectivity index (χ0v) is 19.4. The molecule has 0 spiro atoms. The Morgan fingerprint density at radius 1 is 0.853 bits per heavy atom. The van der Waals surface area contributed by atoms with Gasteiger partial charge in [-0.3, -0.25) is 9.59 Å². The molecule has 0 aliphatic heterocycles. The number of hydrogen-bond acceptors (Lipinski definition) is 5. The van der Waals surface area contributed by atoms with Crippen molar-refractivity contribution in [2.45, 2.75) is 26.2 Å². The summed E-state index contributed by atoms with van der Waals surface area (Å²) in [5.74, 6) is 1.98. The molecule has 174 valence electrons. The number of rotatable bonds is 5. The third kappa shape index (κ3) is 5.17.